The Bertz CT molecular complexity index is 261. The molecular formula is C6H7ClN2OS. The van der Waals surface area contributed by atoms with Gasteiger partial charge in [0.05, 0.1) is 0 Å². The summed E-state index contributed by atoms with van der Waals surface area (Å²) in [7, 11) is 0. The maximum atomic E-state index is 5.53. The van der Waals surface area contributed by atoms with Crippen molar-refractivity contribution in [1.29, 1.82) is 0 Å². The second-order valence-electron chi connectivity index (χ2n) is 1.91. The highest BCUT2D eigenvalue weighted by Crippen LogP contribution is 2.18. The molecule has 5 heteroatoms. The van der Waals surface area contributed by atoms with E-state index in [1.54, 1.807) is 6.92 Å². The SMILES string of the molecule is C=C(Cl)CSc1nc(C)no1. The first-order chi connectivity index (χ1) is 5.18. The molecule has 1 aromatic rings. The Balaban J connectivity index is 2.45. The largest absolute Gasteiger partial charge is 0.327 e. The Labute approximate surface area is 73.8 Å². The molecule has 0 N–H and O–H groups in total. The Kier molecular flexibility index (Phi) is 2.96. The van der Waals surface area contributed by atoms with E-state index in [4.69, 9.17) is 16.1 Å². The summed E-state index contributed by atoms with van der Waals surface area (Å²) in [5.74, 6) is 1.23. The first-order valence-electron chi connectivity index (χ1n) is 2.95. The predicted molar refractivity (Wildman–Crippen MR) is 44.8 cm³/mol. The molecule has 1 heterocycles. The first-order valence-corrected chi connectivity index (χ1v) is 4.31. The van der Waals surface area contributed by atoms with Crippen LogP contribution in [0.2, 0.25) is 0 Å². The number of rotatable bonds is 3. The van der Waals surface area contributed by atoms with Gasteiger partial charge in [0, 0.05) is 10.8 Å². The average Bonchev–Trinajstić information content (AvgIpc) is 2.31. The van der Waals surface area contributed by atoms with E-state index in [9.17, 15) is 0 Å². The normalized spacial score (nSPS) is 10.0. The van der Waals surface area contributed by atoms with Crippen molar-refractivity contribution < 1.29 is 4.52 Å². The van der Waals surface area contributed by atoms with Crippen LogP contribution in [-0.4, -0.2) is 15.9 Å². The van der Waals surface area contributed by atoms with Crippen molar-refractivity contribution in [1.82, 2.24) is 10.1 Å². The van der Waals surface area contributed by atoms with Crippen LogP contribution in [0.5, 0.6) is 0 Å². The van der Waals surface area contributed by atoms with Gasteiger partial charge in [-0.1, -0.05) is 35.1 Å². The zero-order valence-electron chi connectivity index (χ0n) is 6.00. The Hall–Kier alpha value is -0.480. The van der Waals surface area contributed by atoms with E-state index in [-0.39, 0.29) is 0 Å². The third kappa shape index (κ3) is 2.95. The maximum absolute atomic E-state index is 5.53. The van der Waals surface area contributed by atoms with Gasteiger partial charge in [-0.2, -0.15) is 4.98 Å². The van der Waals surface area contributed by atoms with Crippen LogP contribution in [0, 0.1) is 6.92 Å². The quantitative estimate of drug-likeness (QED) is 0.686. The molecule has 60 valence electrons. The van der Waals surface area contributed by atoms with Gasteiger partial charge >= 0.3 is 0 Å². The second-order valence-corrected chi connectivity index (χ2v) is 3.37. The molecule has 11 heavy (non-hydrogen) atoms. The topological polar surface area (TPSA) is 38.9 Å². The van der Waals surface area contributed by atoms with E-state index < -0.39 is 0 Å². The third-order valence-electron chi connectivity index (χ3n) is 0.861. The van der Waals surface area contributed by atoms with Gasteiger partial charge < -0.3 is 4.52 Å². The molecule has 0 aliphatic heterocycles. The Morgan fingerprint density at radius 1 is 1.82 bits per heavy atom. The van der Waals surface area contributed by atoms with E-state index >= 15 is 0 Å². The molecule has 0 spiro atoms. The van der Waals surface area contributed by atoms with Crippen molar-refractivity contribution in [3.05, 3.63) is 17.4 Å². The molecule has 0 aromatic carbocycles. The Morgan fingerprint density at radius 3 is 3.00 bits per heavy atom. The lowest BCUT2D eigenvalue weighted by Crippen LogP contribution is -1.77. The number of halogens is 1. The number of aromatic nitrogens is 2. The van der Waals surface area contributed by atoms with Gasteiger partial charge in [0.25, 0.3) is 5.22 Å². The lowest BCUT2D eigenvalue weighted by Gasteiger charge is -1.89. The minimum atomic E-state index is 0.532. The summed E-state index contributed by atoms with van der Waals surface area (Å²) in [5.41, 5.74) is 0. The van der Waals surface area contributed by atoms with Crippen molar-refractivity contribution in [3.63, 3.8) is 0 Å². The summed E-state index contributed by atoms with van der Waals surface area (Å²) in [6.07, 6.45) is 0. The monoisotopic (exact) mass is 190 g/mol. The lowest BCUT2D eigenvalue weighted by atomic mass is 10.7. The van der Waals surface area contributed by atoms with E-state index in [1.807, 2.05) is 0 Å². The van der Waals surface area contributed by atoms with Gasteiger partial charge in [-0.15, -0.1) is 0 Å². The van der Waals surface area contributed by atoms with Crippen LogP contribution in [-0.2, 0) is 0 Å². The second kappa shape index (κ2) is 3.78. The van der Waals surface area contributed by atoms with Crippen molar-refractivity contribution in [2.75, 3.05) is 5.75 Å². The maximum Gasteiger partial charge on any atom is 0.286 e. The molecule has 0 saturated heterocycles. The van der Waals surface area contributed by atoms with Gasteiger partial charge in [0.2, 0.25) is 0 Å². The fourth-order valence-electron chi connectivity index (χ4n) is 0.477. The molecule has 0 fully saturated rings. The third-order valence-corrected chi connectivity index (χ3v) is 2.06. The molecule has 0 unspecified atom stereocenters. The number of nitrogens with zero attached hydrogens (tertiary/aromatic N) is 2. The van der Waals surface area contributed by atoms with Crippen molar-refractivity contribution in [3.8, 4) is 0 Å². The average molecular weight is 191 g/mol. The number of aryl methyl sites for hydroxylation is 1. The van der Waals surface area contributed by atoms with Gasteiger partial charge in [0.15, 0.2) is 5.82 Å². The highest BCUT2D eigenvalue weighted by Gasteiger charge is 2.02. The highest BCUT2D eigenvalue weighted by molar-refractivity contribution is 7.99. The number of hydrogen-bond donors (Lipinski definition) is 0. The molecule has 1 aromatic heterocycles. The van der Waals surface area contributed by atoms with Crippen LogP contribution >= 0.6 is 23.4 Å². The molecular weight excluding hydrogens is 184 g/mol. The molecule has 0 radical (unpaired) electrons. The van der Waals surface area contributed by atoms with Crippen LogP contribution in [0.3, 0.4) is 0 Å². The summed E-state index contributed by atoms with van der Waals surface area (Å²) in [4.78, 5) is 3.97. The van der Waals surface area contributed by atoms with Gasteiger partial charge in [-0.05, 0) is 6.92 Å². The van der Waals surface area contributed by atoms with Gasteiger partial charge in [-0.3, -0.25) is 0 Å². The molecule has 0 aliphatic carbocycles. The summed E-state index contributed by atoms with van der Waals surface area (Å²) in [6, 6.07) is 0. The number of thioether (sulfide) groups is 1. The van der Waals surface area contributed by atoms with Crippen LogP contribution < -0.4 is 0 Å². The highest BCUT2D eigenvalue weighted by atomic mass is 35.5. The zero-order chi connectivity index (χ0) is 8.27. The first kappa shape index (κ1) is 8.62. The lowest BCUT2D eigenvalue weighted by molar-refractivity contribution is 0.338. The molecule has 1 rings (SSSR count). The van der Waals surface area contributed by atoms with Crippen LogP contribution in [0.15, 0.2) is 21.4 Å². The summed E-state index contributed by atoms with van der Waals surface area (Å²) >= 11 is 6.91. The number of hydrogen-bond acceptors (Lipinski definition) is 4. The molecule has 0 bridgehead atoms. The standard InChI is InChI=1S/C6H7ClN2OS/c1-4(7)3-11-6-8-5(2)9-10-6/h1,3H2,2H3. The fourth-order valence-corrected chi connectivity index (χ4v) is 1.21. The smallest absolute Gasteiger partial charge is 0.286 e. The van der Waals surface area contributed by atoms with E-state index in [0.717, 1.165) is 0 Å². The van der Waals surface area contributed by atoms with E-state index in [0.29, 0.717) is 21.8 Å². The molecule has 0 amide bonds. The van der Waals surface area contributed by atoms with E-state index in [1.165, 1.54) is 11.8 Å². The minimum Gasteiger partial charge on any atom is -0.327 e. The van der Waals surface area contributed by atoms with Crippen molar-refractivity contribution >= 4 is 23.4 Å². The van der Waals surface area contributed by atoms with E-state index in [2.05, 4.69) is 16.7 Å². The summed E-state index contributed by atoms with van der Waals surface area (Å²) in [6.45, 7) is 5.30. The van der Waals surface area contributed by atoms with Crippen molar-refractivity contribution in [2.24, 2.45) is 0 Å². The van der Waals surface area contributed by atoms with Crippen LogP contribution in [0.4, 0.5) is 0 Å². The summed E-state index contributed by atoms with van der Waals surface area (Å²) < 4.78 is 4.82. The fraction of sp³-hybridized carbons (Fsp3) is 0.333. The van der Waals surface area contributed by atoms with Crippen molar-refractivity contribution in [2.45, 2.75) is 12.1 Å². The molecule has 3 nitrogen and oxygen atoms in total. The molecule has 0 aliphatic rings. The summed E-state index contributed by atoms with van der Waals surface area (Å²) in [5, 5.41) is 4.72. The Morgan fingerprint density at radius 2 is 2.55 bits per heavy atom. The predicted octanol–water partition coefficient (Wildman–Crippen LogP) is 2.22. The van der Waals surface area contributed by atoms with Gasteiger partial charge in [0.1, 0.15) is 0 Å². The van der Waals surface area contributed by atoms with Gasteiger partial charge in [-0.25, -0.2) is 0 Å². The molecule has 0 atom stereocenters. The minimum absolute atomic E-state index is 0.532. The molecule has 0 saturated carbocycles. The zero-order valence-corrected chi connectivity index (χ0v) is 7.58. The van der Waals surface area contributed by atoms with Crippen LogP contribution in [0.25, 0.3) is 0 Å². The van der Waals surface area contributed by atoms with Crippen LogP contribution in [0.1, 0.15) is 5.82 Å².